The summed E-state index contributed by atoms with van der Waals surface area (Å²) in [6, 6.07) is 12.6. The summed E-state index contributed by atoms with van der Waals surface area (Å²) in [5.41, 5.74) is 3.30. The molecule has 0 aliphatic heterocycles. The zero-order valence-electron chi connectivity index (χ0n) is 16.1. The highest BCUT2D eigenvalue weighted by Crippen LogP contribution is 2.34. The molecular weight excluding hydrogens is 369 g/mol. The lowest BCUT2D eigenvalue weighted by Crippen LogP contribution is -2.19. The van der Waals surface area contributed by atoms with E-state index in [1.165, 1.54) is 12.3 Å². The first-order valence-electron chi connectivity index (χ1n) is 9.30. The van der Waals surface area contributed by atoms with E-state index >= 15 is 0 Å². The molecule has 0 atom stereocenters. The zero-order chi connectivity index (χ0) is 20.4. The minimum atomic E-state index is -0.390. The van der Waals surface area contributed by atoms with E-state index in [4.69, 9.17) is 0 Å². The Morgan fingerprint density at radius 1 is 1.17 bits per heavy atom. The van der Waals surface area contributed by atoms with Gasteiger partial charge in [-0.05, 0) is 25.1 Å². The number of nitrogens with one attached hydrogen (secondary N) is 2. The van der Waals surface area contributed by atoms with Crippen molar-refractivity contribution in [3.63, 3.8) is 0 Å². The quantitative estimate of drug-likeness (QED) is 0.532. The highest BCUT2D eigenvalue weighted by Gasteiger charge is 2.18. The minimum absolute atomic E-state index is 0.275. The van der Waals surface area contributed by atoms with E-state index in [0.29, 0.717) is 39.8 Å². The van der Waals surface area contributed by atoms with E-state index in [9.17, 15) is 9.18 Å². The van der Waals surface area contributed by atoms with E-state index in [1.54, 1.807) is 30.2 Å². The van der Waals surface area contributed by atoms with Gasteiger partial charge in [0.1, 0.15) is 5.82 Å². The summed E-state index contributed by atoms with van der Waals surface area (Å²) in [5.74, 6) is -0.665. The standard InChI is InChI=1S/C22H20FN5O/c1-3-28-13-14(11-26-28)16-9-17-20(10-19(16)23)25-12-18(22(29)24-2)21(17)27-15-7-5-4-6-8-15/h4-13H,3H2,1-2H3,(H,24,29)(H,25,27). The predicted molar refractivity (Wildman–Crippen MR) is 112 cm³/mol. The molecule has 1 amide bonds. The molecule has 0 fully saturated rings. The lowest BCUT2D eigenvalue weighted by molar-refractivity contribution is 0.0963. The van der Waals surface area contributed by atoms with Gasteiger partial charge < -0.3 is 10.6 Å². The van der Waals surface area contributed by atoms with E-state index in [-0.39, 0.29) is 11.7 Å². The van der Waals surface area contributed by atoms with Crippen molar-refractivity contribution in [1.82, 2.24) is 20.1 Å². The molecule has 4 aromatic rings. The van der Waals surface area contributed by atoms with Gasteiger partial charge in [-0.25, -0.2) is 4.39 Å². The smallest absolute Gasteiger partial charge is 0.254 e. The number of halogens is 1. The molecule has 2 aromatic heterocycles. The lowest BCUT2D eigenvalue weighted by atomic mass is 10.0. The number of nitrogens with zero attached hydrogens (tertiary/aromatic N) is 3. The maximum absolute atomic E-state index is 14.8. The molecule has 0 saturated heterocycles. The Kier molecular flexibility index (Phi) is 4.95. The van der Waals surface area contributed by atoms with Crippen LogP contribution in [-0.2, 0) is 6.54 Å². The Morgan fingerprint density at radius 3 is 2.66 bits per heavy atom. The van der Waals surface area contributed by atoms with Gasteiger partial charge in [0, 0.05) is 54.3 Å². The highest BCUT2D eigenvalue weighted by molar-refractivity contribution is 6.08. The number of hydrogen-bond donors (Lipinski definition) is 2. The molecule has 0 bridgehead atoms. The van der Waals surface area contributed by atoms with Crippen molar-refractivity contribution in [2.45, 2.75) is 13.5 Å². The molecule has 0 spiro atoms. The average molecular weight is 389 g/mol. The first kappa shape index (κ1) is 18.6. The second-order valence-corrected chi connectivity index (χ2v) is 6.55. The molecule has 0 aliphatic carbocycles. The van der Waals surface area contributed by atoms with Gasteiger partial charge in [0.05, 0.1) is 23.0 Å². The van der Waals surface area contributed by atoms with Gasteiger partial charge in [-0.3, -0.25) is 14.5 Å². The maximum atomic E-state index is 14.8. The third-order valence-electron chi connectivity index (χ3n) is 4.74. The Morgan fingerprint density at radius 2 is 1.97 bits per heavy atom. The molecule has 29 heavy (non-hydrogen) atoms. The largest absolute Gasteiger partial charge is 0.355 e. The molecule has 0 saturated carbocycles. The number of carbonyl (C=O) groups excluding carboxylic acids is 1. The minimum Gasteiger partial charge on any atom is -0.355 e. The molecule has 2 aromatic carbocycles. The maximum Gasteiger partial charge on any atom is 0.254 e. The normalized spacial score (nSPS) is 10.9. The Hall–Kier alpha value is -3.74. The number of benzene rings is 2. The van der Waals surface area contributed by atoms with Gasteiger partial charge in [-0.2, -0.15) is 5.10 Å². The van der Waals surface area contributed by atoms with Gasteiger partial charge in [-0.15, -0.1) is 0 Å². The lowest BCUT2D eigenvalue weighted by Gasteiger charge is -2.15. The fourth-order valence-corrected chi connectivity index (χ4v) is 3.22. The van der Waals surface area contributed by atoms with Crippen molar-refractivity contribution in [1.29, 1.82) is 0 Å². The van der Waals surface area contributed by atoms with Gasteiger partial charge >= 0.3 is 0 Å². The molecule has 2 heterocycles. The van der Waals surface area contributed by atoms with Crippen LogP contribution in [0.2, 0.25) is 0 Å². The van der Waals surface area contributed by atoms with Crippen LogP contribution in [0.5, 0.6) is 0 Å². The Balaban J connectivity index is 1.94. The highest BCUT2D eigenvalue weighted by atomic mass is 19.1. The van der Waals surface area contributed by atoms with Crippen LogP contribution in [0, 0.1) is 5.82 Å². The topological polar surface area (TPSA) is 71.8 Å². The molecule has 6 nitrogen and oxygen atoms in total. The zero-order valence-corrected chi connectivity index (χ0v) is 16.1. The van der Waals surface area contributed by atoms with Crippen LogP contribution in [0.15, 0.2) is 61.1 Å². The van der Waals surface area contributed by atoms with Crippen molar-refractivity contribution in [3.8, 4) is 11.1 Å². The third kappa shape index (κ3) is 3.54. The Bertz CT molecular complexity index is 1190. The number of amides is 1. The first-order valence-corrected chi connectivity index (χ1v) is 9.30. The monoisotopic (exact) mass is 389 g/mol. The van der Waals surface area contributed by atoms with Crippen LogP contribution in [-0.4, -0.2) is 27.7 Å². The molecule has 2 N–H and O–H groups in total. The van der Waals surface area contributed by atoms with E-state index < -0.39 is 0 Å². The summed E-state index contributed by atoms with van der Waals surface area (Å²) in [7, 11) is 1.56. The average Bonchev–Trinajstić information content (AvgIpc) is 3.22. The molecule has 0 unspecified atom stereocenters. The van der Waals surface area contributed by atoms with Gasteiger partial charge in [-0.1, -0.05) is 18.2 Å². The van der Waals surface area contributed by atoms with Crippen molar-refractivity contribution in [3.05, 3.63) is 72.4 Å². The van der Waals surface area contributed by atoms with Crippen LogP contribution in [0.4, 0.5) is 15.8 Å². The number of pyridine rings is 1. The van der Waals surface area contributed by atoms with Crippen molar-refractivity contribution < 1.29 is 9.18 Å². The summed E-state index contributed by atoms with van der Waals surface area (Å²) in [5, 5.41) is 10.8. The van der Waals surface area contributed by atoms with Crippen molar-refractivity contribution in [2.75, 3.05) is 12.4 Å². The first-order chi connectivity index (χ1) is 14.1. The van der Waals surface area contributed by atoms with Crippen molar-refractivity contribution in [2.24, 2.45) is 0 Å². The van der Waals surface area contributed by atoms with Crippen LogP contribution in [0.25, 0.3) is 22.0 Å². The summed E-state index contributed by atoms with van der Waals surface area (Å²) in [6.45, 7) is 2.66. The Labute approximate surface area is 167 Å². The SMILES string of the molecule is CCn1cc(-c2cc3c(Nc4ccccc4)c(C(=O)NC)cnc3cc2F)cn1. The third-order valence-corrected chi connectivity index (χ3v) is 4.74. The van der Waals surface area contributed by atoms with Gasteiger partial charge in [0.2, 0.25) is 0 Å². The van der Waals surface area contributed by atoms with Crippen LogP contribution in [0.3, 0.4) is 0 Å². The predicted octanol–water partition coefficient (Wildman–Crippen LogP) is 4.36. The number of anilines is 2. The summed E-state index contributed by atoms with van der Waals surface area (Å²) in [6.07, 6.45) is 4.89. The molecule has 4 rings (SSSR count). The number of fused-ring (bicyclic) bond motifs is 1. The van der Waals surface area contributed by atoms with Crippen LogP contribution >= 0.6 is 0 Å². The van der Waals surface area contributed by atoms with E-state index in [2.05, 4.69) is 20.7 Å². The summed E-state index contributed by atoms with van der Waals surface area (Å²) >= 11 is 0. The van der Waals surface area contributed by atoms with Gasteiger partial charge in [0.25, 0.3) is 5.91 Å². The molecule has 7 heteroatoms. The molecular formula is C22H20FN5O. The van der Waals surface area contributed by atoms with Crippen molar-refractivity contribution >= 4 is 28.2 Å². The number of rotatable bonds is 5. The summed E-state index contributed by atoms with van der Waals surface area (Å²) < 4.78 is 16.6. The van der Waals surface area contributed by atoms with Crippen LogP contribution in [0.1, 0.15) is 17.3 Å². The second-order valence-electron chi connectivity index (χ2n) is 6.55. The fraction of sp³-hybridized carbons (Fsp3) is 0.136. The second kappa shape index (κ2) is 7.71. The summed E-state index contributed by atoms with van der Waals surface area (Å²) in [4.78, 5) is 16.8. The number of aryl methyl sites for hydroxylation is 1. The number of aromatic nitrogens is 3. The van der Waals surface area contributed by atoms with Crippen LogP contribution < -0.4 is 10.6 Å². The number of carbonyl (C=O) groups is 1. The van der Waals surface area contributed by atoms with E-state index in [1.807, 2.05) is 37.3 Å². The molecule has 0 radical (unpaired) electrons. The fourth-order valence-electron chi connectivity index (χ4n) is 3.22. The van der Waals surface area contributed by atoms with Gasteiger partial charge in [0.15, 0.2) is 0 Å². The van der Waals surface area contributed by atoms with E-state index in [0.717, 1.165) is 5.69 Å². The number of hydrogen-bond acceptors (Lipinski definition) is 4. The molecule has 0 aliphatic rings. The number of para-hydroxylation sites is 1. The molecule has 146 valence electrons.